The second-order valence-electron chi connectivity index (χ2n) is 3.91. The highest BCUT2D eigenvalue weighted by molar-refractivity contribution is 9.10. The number of aryl methyl sites for hydroxylation is 1. The molecule has 0 radical (unpaired) electrons. The van der Waals surface area contributed by atoms with Gasteiger partial charge >= 0.3 is 5.97 Å². The zero-order chi connectivity index (χ0) is 12.6. The van der Waals surface area contributed by atoms with E-state index in [2.05, 4.69) is 21.0 Å². The first kappa shape index (κ1) is 12.1. The van der Waals surface area contributed by atoms with E-state index in [1.54, 1.807) is 4.68 Å². The number of hydrogen-bond donors (Lipinski definition) is 2. The molecule has 1 atom stereocenters. The number of aliphatic carboxylic acids is 1. The van der Waals surface area contributed by atoms with Gasteiger partial charge in [0.25, 0.3) is 0 Å². The fourth-order valence-electron chi connectivity index (χ4n) is 1.73. The highest BCUT2D eigenvalue weighted by Crippen LogP contribution is 2.23. The summed E-state index contributed by atoms with van der Waals surface area (Å²) in [6.45, 7) is 0. The second kappa shape index (κ2) is 4.46. The maximum absolute atomic E-state index is 10.7. The second-order valence-corrected chi connectivity index (χ2v) is 4.67. The first-order valence-corrected chi connectivity index (χ1v) is 5.88. The fourth-order valence-corrected chi connectivity index (χ4v) is 2.30. The zero-order valence-corrected chi connectivity index (χ0v) is 10.8. The Morgan fingerprint density at radius 1 is 1.65 bits per heavy atom. The maximum atomic E-state index is 10.7. The van der Waals surface area contributed by atoms with Crippen LogP contribution in [-0.2, 0) is 18.3 Å². The number of nitrogens with two attached hydrogens (primary N) is 1. The molecule has 17 heavy (non-hydrogen) atoms. The average Bonchev–Trinajstić information content (AvgIpc) is 2.54. The van der Waals surface area contributed by atoms with Gasteiger partial charge in [-0.15, -0.1) is 0 Å². The minimum absolute atomic E-state index is 0.314. The van der Waals surface area contributed by atoms with Gasteiger partial charge in [-0.1, -0.05) is 6.07 Å². The third-order valence-corrected chi connectivity index (χ3v) is 3.23. The Hall–Kier alpha value is -1.40. The van der Waals surface area contributed by atoms with Crippen LogP contribution in [-0.4, -0.2) is 26.9 Å². The Morgan fingerprint density at radius 3 is 3.00 bits per heavy atom. The van der Waals surface area contributed by atoms with E-state index in [1.165, 1.54) is 0 Å². The molecule has 0 saturated heterocycles. The summed E-state index contributed by atoms with van der Waals surface area (Å²) >= 11 is 3.37. The monoisotopic (exact) mass is 297 g/mol. The van der Waals surface area contributed by atoms with Gasteiger partial charge in [0.15, 0.2) is 0 Å². The number of carboxylic acids is 1. The van der Waals surface area contributed by atoms with Gasteiger partial charge in [-0.05, 0) is 40.0 Å². The predicted octanol–water partition coefficient (Wildman–Crippen LogP) is 1.29. The molecule has 0 aliphatic rings. The van der Waals surface area contributed by atoms with Crippen molar-refractivity contribution in [2.24, 2.45) is 12.8 Å². The molecule has 0 amide bonds. The van der Waals surface area contributed by atoms with Crippen LogP contribution < -0.4 is 5.73 Å². The van der Waals surface area contributed by atoms with Crippen molar-refractivity contribution in [3.05, 3.63) is 28.4 Å². The van der Waals surface area contributed by atoms with E-state index in [1.807, 2.05) is 25.2 Å². The molecule has 0 aliphatic carbocycles. The molecule has 0 aliphatic heterocycles. The number of aromatic nitrogens is 2. The molecule has 2 rings (SSSR count). The van der Waals surface area contributed by atoms with Gasteiger partial charge in [-0.3, -0.25) is 9.48 Å². The molecular formula is C11H12BrN3O2. The molecule has 0 spiro atoms. The number of benzene rings is 1. The van der Waals surface area contributed by atoms with Crippen LogP contribution in [0.1, 0.15) is 5.56 Å². The van der Waals surface area contributed by atoms with Crippen LogP contribution in [0.25, 0.3) is 10.9 Å². The zero-order valence-electron chi connectivity index (χ0n) is 9.22. The average molecular weight is 298 g/mol. The van der Waals surface area contributed by atoms with Gasteiger partial charge in [0.2, 0.25) is 0 Å². The number of hydrogen-bond acceptors (Lipinski definition) is 3. The number of nitrogens with zero attached hydrogens (tertiary/aromatic N) is 2. The van der Waals surface area contributed by atoms with E-state index in [4.69, 9.17) is 10.8 Å². The van der Waals surface area contributed by atoms with Crippen LogP contribution in [0.3, 0.4) is 0 Å². The van der Waals surface area contributed by atoms with Gasteiger partial charge in [-0.25, -0.2) is 0 Å². The third kappa shape index (κ3) is 2.32. The lowest BCUT2D eigenvalue weighted by molar-refractivity contribution is -0.138. The first-order valence-electron chi connectivity index (χ1n) is 5.08. The van der Waals surface area contributed by atoms with Crippen LogP contribution in [0.4, 0.5) is 0 Å². The maximum Gasteiger partial charge on any atom is 0.320 e. The van der Waals surface area contributed by atoms with E-state index >= 15 is 0 Å². The third-order valence-electron chi connectivity index (χ3n) is 2.64. The Bertz CT molecular complexity index is 579. The van der Waals surface area contributed by atoms with Gasteiger partial charge in [0.05, 0.1) is 5.52 Å². The molecule has 2 aromatic rings. The van der Waals surface area contributed by atoms with Crippen molar-refractivity contribution >= 4 is 32.8 Å². The summed E-state index contributed by atoms with van der Waals surface area (Å²) in [5, 5.41) is 14.0. The van der Waals surface area contributed by atoms with Gasteiger partial charge in [-0.2, -0.15) is 5.10 Å². The number of carbonyl (C=O) groups is 1. The lowest BCUT2D eigenvalue weighted by Gasteiger charge is -2.06. The Kier molecular flexibility index (Phi) is 3.17. The lowest BCUT2D eigenvalue weighted by Crippen LogP contribution is -2.32. The van der Waals surface area contributed by atoms with Crippen LogP contribution in [0.15, 0.2) is 22.8 Å². The van der Waals surface area contributed by atoms with Gasteiger partial charge in [0.1, 0.15) is 10.6 Å². The topological polar surface area (TPSA) is 81.1 Å². The fraction of sp³-hybridized carbons (Fsp3) is 0.273. The summed E-state index contributed by atoms with van der Waals surface area (Å²) in [5.41, 5.74) is 7.35. The lowest BCUT2D eigenvalue weighted by atomic mass is 10.1. The van der Waals surface area contributed by atoms with E-state index in [0.717, 1.165) is 21.1 Å². The number of carboxylic acid groups (broad SMARTS) is 1. The van der Waals surface area contributed by atoms with Crippen molar-refractivity contribution in [3.8, 4) is 0 Å². The molecule has 5 nitrogen and oxygen atoms in total. The van der Waals surface area contributed by atoms with Crippen molar-refractivity contribution in [3.63, 3.8) is 0 Å². The van der Waals surface area contributed by atoms with Crippen LogP contribution in [0, 0.1) is 0 Å². The molecule has 0 bridgehead atoms. The standard InChI is InChI=1S/C11H12BrN3O2/c1-15-9-5-6(4-8(13)11(16)17)2-3-7(9)10(12)14-15/h2-3,5,8H,4,13H2,1H3,(H,16,17). The number of rotatable bonds is 3. The van der Waals surface area contributed by atoms with E-state index in [-0.39, 0.29) is 0 Å². The van der Waals surface area contributed by atoms with Crippen molar-refractivity contribution in [2.45, 2.75) is 12.5 Å². The van der Waals surface area contributed by atoms with Crippen LogP contribution in [0.2, 0.25) is 0 Å². The van der Waals surface area contributed by atoms with Gasteiger partial charge in [0, 0.05) is 12.4 Å². The molecule has 1 unspecified atom stereocenters. The molecule has 0 saturated carbocycles. The molecular weight excluding hydrogens is 286 g/mol. The summed E-state index contributed by atoms with van der Waals surface area (Å²) in [4.78, 5) is 10.7. The summed E-state index contributed by atoms with van der Waals surface area (Å²) in [6.07, 6.45) is 0.314. The van der Waals surface area contributed by atoms with E-state index in [9.17, 15) is 4.79 Å². The Morgan fingerprint density at radius 2 is 2.35 bits per heavy atom. The Labute approximate surface area is 106 Å². The number of halogens is 1. The summed E-state index contributed by atoms with van der Waals surface area (Å²) in [7, 11) is 1.84. The van der Waals surface area contributed by atoms with Crippen molar-refractivity contribution in [1.29, 1.82) is 0 Å². The predicted molar refractivity (Wildman–Crippen MR) is 67.7 cm³/mol. The van der Waals surface area contributed by atoms with Crippen molar-refractivity contribution in [2.75, 3.05) is 0 Å². The SMILES string of the molecule is Cn1nc(Br)c2ccc(CC(N)C(=O)O)cc21. The van der Waals surface area contributed by atoms with Crippen LogP contribution in [0.5, 0.6) is 0 Å². The molecule has 6 heteroatoms. The molecule has 90 valence electrons. The summed E-state index contributed by atoms with van der Waals surface area (Å²) < 4.78 is 2.53. The van der Waals surface area contributed by atoms with Crippen molar-refractivity contribution < 1.29 is 9.90 Å². The molecule has 1 heterocycles. The van der Waals surface area contributed by atoms with Gasteiger partial charge < -0.3 is 10.8 Å². The minimum Gasteiger partial charge on any atom is -0.480 e. The largest absolute Gasteiger partial charge is 0.480 e. The normalized spacial score (nSPS) is 12.9. The quantitative estimate of drug-likeness (QED) is 0.894. The van der Waals surface area contributed by atoms with E-state index in [0.29, 0.717) is 6.42 Å². The molecule has 1 aromatic heterocycles. The van der Waals surface area contributed by atoms with Crippen LogP contribution >= 0.6 is 15.9 Å². The van der Waals surface area contributed by atoms with E-state index < -0.39 is 12.0 Å². The number of fused-ring (bicyclic) bond motifs is 1. The highest BCUT2D eigenvalue weighted by Gasteiger charge is 2.13. The summed E-state index contributed by atoms with van der Waals surface area (Å²) in [6, 6.07) is 4.83. The first-order chi connectivity index (χ1) is 7.99. The minimum atomic E-state index is -0.990. The molecule has 0 fully saturated rings. The Balaban J connectivity index is 2.38. The molecule has 1 aromatic carbocycles. The molecule has 3 N–H and O–H groups in total. The summed E-state index contributed by atoms with van der Waals surface area (Å²) in [5.74, 6) is -0.990. The van der Waals surface area contributed by atoms with Crippen molar-refractivity contribution in [1.82, 2.24) is 9.78 Å². The highest BCUT2D eigenvalue weighted by atomic mass is 79.9. The smallest absolute Gasteiger partial charge is 0.320 e.